The van der Waals surface area contributed by atoms with E-state index >= 15 is 0 Å². The zero-order valence-electron chi connectivity index (χ0n) is 9.55. The molecule has 5 nitrogen and oxygen atoms in total. The molecule has 0 amide bonds. The van der Waals surface area contributed by atoms with Crippen molar-refractivity contribution in [2.24, 2.45) is 0 Å². The van der Waals surface area contributed by atoms with Crippen LogP contribution in [0.15, 0.2) is 24.3 Å². The quantitative estimate of drug-likeness (QED) is 0.741. The van der Waals surface area contributed by atoms with Crippen LogP contribution in [-0.2, 0) is 14.2 Å². The summed E-state index contributed by atoms with van der Waals surface area (Å²) in [5.41, 5.74) is 0.429. The predicted octanol–water partition coefficient (Wildman–Crippen LogP) is 1.22. The predicted molar refractivity (Wildman–Crippen MR) is 59.0 cm³/mol. The number of carbonyl (C=O) groups is 1. The molecule has 1 aromatic carbocycles. The summed E-state index contributed by atoms with van der Waals surface area (Å²) in [4.78, 5) is 11.8. The third-order valence-electron chi connectivity index (χ3n) is 2.33. The van der Waals surface area contributed by atoms with Crippen LogP contribution in [0.25, 0.3) is 0 Å². The van der Waals surface area contributed by atoms with Crippen LogP contribution in [0.1, 0.15) is 10.4 Å². The first-order valence-corrected chi connectivity index (χ1v) is 5.34. The molecule has 0 bridgehead atoms. The van der Waals surface area contributed by atoms with E-state index in [4.69, 9.17) is 18.9 Å². The Labute approximate surface area is 99.2 Å². The van der Waals surface area contributed by atoms with Gasteiger partial charge < -0.3 is 18.9 Å². The Morgan fingerprint density at radius 3 is 3.00 bits per heavy atom. The molecule has 1 aliphatic rings. The minimum absolute atomic E-state index is 0.274. The molecule has 0 aliphatic carbocycles. The van der Waals surface area contributed by atoms with Crippen LogP contribution >= 0.6 is 0 Å². The van der Waals surface area contributed by atoms with Gasteiger partial charge in [-0.05, 0) is 18.2 Å². The van der Waals surface area contributed by atoms with Gasteiger partial charge in [-0.25, -0.2) is 4.79 Å². The van der Waals surface area contributed by atoms with Crippen LogP contribution in [-0.4, -0.2) is 39.2 Å². The summed E-state index contributed by atoms with van der Waals surface area (Å²) in [5, 5.41) is 0. The lowest BCUT2D eigenvalue weighted by Gasteiger charge is -2.22. The number of hydrogen-bond donors (Lipinski definition) is 0. The highest BCUT2D eigenvalue weighted by atomic mass is 16.7. The monoisotopic (exact) mass is 238 g/mol. The number of ether oxygens (including phenoxy) is 4. The SMILES string of the molecule is COc1cccc(C(=O)OC2COCCO2)c1. The minimum atomic E-state index is -0.623. The first-order valence-electron chi connectivity index (χ1n) is 5.34. The summed E-state index contributed by atoms with van der Waals surface area (Å²) >= 11 is 0. The van der Waals surface area contributed by atoms with Crippen molar-refractivity contribution in [2.75, 3.05) is 26.9 Å². The molecule has 1 unspecified atom stereocenters. The molecule has 0 spiro atoms. The van der Waals surface area contributed by atoms with Gasteiger partial charge >= 0.3 is 5.97 Å². The molecule has 1 fully saturated rings. The molecule has 1 atom stereocenters. The summed E-state index contributed by atoms with van der Waals surface area (Å²) in [6.45, 7) is 1.25. The summed E-state index contributed by atoms with van der Waals surface area (Å²) in [5.74, 6) is 0.166. The summed E-state index contributed by atoms with van der Waals surface area (Å²) < 4.78 is 20.5. The highest BCUT2D eigenvalue weighted by molar-refractivity contribution is 5.89. The largest absolute Gasteiger partial charge is 0.497 e. The fourth-order valence-corrected chi connectivity index (χ4v) is 1.47. The standard InChI is InChI=1S/C12H14O5/c1-14-10-4-2-3-9(7-10)12(13)17-11-8-15-5-6-16-11/h2-4,7,11H,5-6,8H2,1H3. The molecule has 17 heavy (non-hydrogen) atoms. The lowest BCUT2D eigenvalue weighted by molar-refractivity contribution is -0.186. The maximum atomic E-state index is 11.8. The molecule has 1 saturated heterocycles. The van der Waals surface area contributed by atoms with Crippen LogP contribution in [0.2, 0.25) is 0 Å². The van der Waals surface area contributed by atoms with Gasteiger partial charge in [0.05, 0.1) is 25.9 Å². The number of hydrogen-bond acceptors (Lipinski definition) is 5. The maximum Gasteiger partial charge on any atom is 0.340 e. The third-order valence-corrected chi connectivity index (χ3v) is 2.33. The van der Waals surface area contributed by atoms with Gasteiger partial charge in [0.2, 0.25) is 6.29 Å². The summed E-state index contributed by atoms with van der Waals surface area (Å²) in [6.07, 6.45) is -0.623. The van der Waals surface area contributed by atoms with Gasteiger partial charge in [-0.15, -0.1) is 0 Å². The highest BCUT2D eigenvalue weighted by Crippen LogP contribution is 2.14. The van der Waals surface area contributed by atoms with E-state index in [2.05, 4.69) is 0 Å². The van der Waals surface area contributed by atoms with E-state index in [1.165, 1.54) is 0 Å². The van der Waals surface area contributed by atoms with Gasteiger partial charge in [-0.3, -0.25) is 0 Å². The first-order chi connectivity index (χ1) is 8.29. The van der Waals surface area contributed by atoms with Gasteiger partial charge in [-0.1, -0.05) is 6.07 Å². The topological polar surface area (TPSA) is 54.0 Å². The Hall–Kier alpha value is -1.59. The normalized spacial score (nSPS) is 19.7. The van der Waals surface area contributed by atoms with Crippen LogP contribution < -0.4 is 4.74 Å². The minimum Gasteiger partial charge on any atom is -0.497 e. The smallest absolute Gasteiger partial charge is 0.340 e. The molecule has 1 heterocycles. The Kier molecular flexibility index (Phi) is 3.95. The van der Waals surface area contributed by atoms with Crippen LogP contribution in [0.5, 0.6) is 5.75 Å². The number of methoxy groups -OCH3 is 1. The molecule has 1 aromatic rings. The molecule has 0 saturated carbocycles. The second-order valence-electron chi connectivity index (χ2n) is 3.51. The van der Waals surface area contributed by atoms with Gasteiger partial charge in [-0.2, -0.15) is 0 Å². The Balaban J connectivity index is 1.98. The van der Waals surface area contributed by atoms with E-state index < -0.39 is 12.3 Å². The summed E-state index contributed by atoms with van der Waals surface area (Å²) in [7, 11) is 1.54. The number of benzene rings is 1. The van der Waals surface area contributed by atoms with Gasteiger partial charge in [0.25, 0.3) is 0 Å². The molecule has 0 radical (unpaired) electrons. The second-order valence-corrected chi connectivity index (χ2v) is 3.51. The first kappa shape index (κ1) is 11.9. The third kappa shape index (κ3) is 3.18. The zero-order chi connectivity index (χ0) is 12.1. The van der Waals surface area contributed by atoms with E-state index in [9.17, 15) is 4.79 Å². The van der Waals surface area contributed by atoms with Crippen molar-refractivity contribution in [3.63, 3.8) is 0 Å². The Morgan fingerprint density at radius 2 is 2.29 bits per heavy atom. The molecule has 0 aromatic heterocycles. The van der Waals surface area contributed by atoms with Crippen molar-refractivity contribution in [3.8, 4) is 5.75 Å². The summed E-state index contributed by atoms with van der Waals surface area (Å²) in [6, 6.07) is 6.77. The fraction of sp³-hybridized carbons (Fsp3) is 0.417. The maximum absolute atomic E-state index is 11.8. The van der Waals surface area contributed by atoms with Gasteiger partial charge in [0, 0.05) is 0 Å². The van der Waals surface area contributed by atoms with Crippen molar-refractivity contribution in [2.45, 2.75) is 6.29 Å². The van der Waals surface area contributed by atoms with Crippen molar-refractivity contribution >= 4 is 5.97 Å². The van der Waals surface area contributed by atoms with Crippen molar-refractivity contribution in [1.82, 2.24) is 0 Å². The average Bonchev–Trinajstić information content (AvgIpc) is 2.40. The van der Waals surface area contributed by atoms with Gasteiger partial charge in [0.1, 0.15) is 12.4 Å². The lowest BCUT2D eigenvalue weighted by Crippen LogP contribution is -2.32. The van der Waals surface area contributed by atoms with E-state index in [1.807, 2.05) is 0 Å². The van der Waals surface area contributed by atoms with Crippen LogP contribution in [0, 0.1) is 0 Å². The van der Waals surface area contributed by atoms with Crippen LogP contribution in [0.3, 0.4) is 0 Å². The molecule has 2 rings (SSSR count). The Bertz CT molecular complexity index is 384. The molecule has 1 aliphatic heterocycles. The zero-order valence-corrected chi connectivity index (χ0v) is 9.55. The van der Waals surface area contributed by atoms with Crippen molar-refractivity contribution in [3.05, 3.63) is 29.8 Å². The molecule has 92 valence electrons. The Morgan fingerprint density at radius 1 is 1.41 bits per heavy atom. The van der Waals surface area contributed by atoms with E-state index in [0.29, 0.717) is 24.5 Å². The van der Waals surface area contributed by atoms with Crippen molar-refractivity contribution < 1.29 is 23.7 Å². The lowest BCUT2D eigenvalue weighted by atomic mass is 10.2. The molecule has 5 heteroatoms. The van der Waals surface area contributed by atoms with Crippen LogP contribution in [0.4, 0.5) is 0 Å². The van der Waals surface area contributed by atoms with E-state index in [1.54, 1.807) is 31.4 Å². The molecule has 0 N–H and O–H groups in total. The number of carbonyl (C=O) groups excluding carboxylic acids is 1. The van der Waals surface area contributed by atoms with Gasteiger partial charge in [0.15, 0.2) is 0 Å². The number of esters is 1. The molecular formula is C12H14O5. The van der Waals surface area contributed by atoms with E-state index in [-0.39, 0.29) is 6.61 Å². The highest BCUT2D eigenvalue weighted by Gasteiger charge is 2.19. The second kappa shape index (κ2) is 5.65. The number of rotatable bonds is 3. The van der Waals surface area contributed by atoms with Crippen molar-refractivity contribution in [1.29, 1.82) is 0 Å². The molecular weight excluding hydrogens is 224 g/mol. The average molecular weight is 238 g/mol. The fourth-order valence-electron chi connectivity index (χ4n) is 1.47. The van der Waals surface area contributed by atoms with E-state index in [0.717, 1.165) is 0 Å².